The molecule has 136 valence electrons. The number of anilines is 1. The van der Waals surface area contributed by atoms with Crippen molar-refractivity contribution >= 4 is 17.5 Å². The van der Waals surface area contributed by atoms with Crippen molar-refractivity contribution < 1.29 is 14.4 Å². The molecule has 2 aromatic carbocycles. The minimum atomic E-state index is -0.659. The number of ether oxygens (including phenoxy) is 1. The van der Waals surface area contributed by atoms with E-state index in [0.717, 1.165) is 16.7 Å². The van der Waals surface area contributed by atoms with Crippen molar-refractivity contribution in [2.24, 2.45) is 5.16 Å². The number of pyridine rings is 1. The number of nitrogens with one attached hydrogen (secondary N) is 1. The third-order valence-corrected chi connectivity index (χ3v) is 3.92. The second-order valence-corrected chi connectivity index (χ2v) is 5.72. The van der Waals surface area contributed by atoms with Crippen molar-refractivity contribution in [3.05, 3.63) is 78.6 Å². The summed E-state index contributed by atoms with van der Waals surface area (Å²) in [6, 6.07) is 18.7. The summed E-state index contributed by atoms with van der Waals surface area (Å²) in [5.41, 5.74) is 4.22. The number of nitrogens with zero attached hydrogens (tertiary/aromatic N) is 2. The Morgan fingerprint density at radius 2 is 1.56 bits per heavy atom. The highest BCUT2D eigenvalue weighted by atomic mass is 16.7. The Balaban J connectivity index is 1.60. The van der Waals surface area contributed by atoms with Gasteiger partial charge in [-0.1, -0.05) is 29.4 Å². The van der Waals surface area contributed by atoms with Gasteiger partial charge in [-0.25, -0.2) is 4.79 Å². The molecule has 0 unspecified atom stereocenters. The number of methoxy groups -OCH3 is 1. The summed E-state index contributed by atoms with van der Waals surface area (Å²) in [5.74, 6) is 0.706. The second-order valence-electron chi connectivity index (χ2n) is 5.72. The van der Waals surface area contributed by atoms with E-state index < -0.39 is 6.09 Å². The molecule has 0 saturated carbocycles. The molecule has 6 nitrogen and oxygen atoms in total. The SMILES string of the molecule is COc1ccc(NC(=O)O/N=C(/C)c2ccc(-c3ccncc3)cc2)cc1. The van der Waals surface area contributed by atoms with Gasteiger partial charge in [0, 0.05) is 18.1 Å². The predicted octanol–water partition coefficient (Wildman–Crippen LogP) is 4.73. The van der Waals surface area contributed by atoms with E-state index in [1.165, 1.54) is 0 Å². The minimum Gasteiger partial charge on any atom is -0.497 e. The first-order valence-electron chi connectivity index (χ1n) is 8.33. The third kappa shape index (κ3) is 4.92. The number of carbonyl (C=O) groups excluding carboxylic acids is 1. The minimum absolute atomic E-state index is 0.593. The number of amides is 1. The lowest BCUT2D eigenvalue weighted by Crippen LogP contribution is -2.11. The zero-order valence-electron chi connectivity index (χ0n) is 15.0. The molecule has 0 saturated heterocycles. The van der Waals surface area contributed by atoms with E-state index in [-0.39, 0.29) is 0 Å². The molecule has 27 heavy (non-hydrogen) atoms. The highest BCUT2D eigenvalue weighted by Gasteiger charge is 2.05. The van der Waals surface area contributed by atoms with Gasteiger partial charge in [0.25, 0.3) is 0 Å². The first kappa shape index (κ1) is 18.1. The zero-order chi connectivity index (χ0) is 19.1. The lowest BCUT2D eigenvalue weighted by Gasteiger charge is -2.06. The van der Waals surface area contributed by atoms with Gasteiger partial charge in [0.2, 0.25) is 0 Å². The Bertz CT molecular complexity index is 921. The van der Waals surface area contributed by atoms with Crippen LogP contribution in [0.5, 0.6) is 5.75 Å². The highest BCUT2D eigenvalue weighted by Crippen LogP contribution is 2.19. The van der Waals surface area contributed by atoms with Gasteiger partial charge in [0.1, 0.15) is 5.75 Å². The van der Waals surface area contributed by atoms with E-state index in [1.54, 1.807) is 50.7 Å². The molecule has 6 heteroatoms. The molecule has 0 aliphatic heterocycles. The summed E-state index contributed by atoms with van der Waals surface area (Å²) < 4.78 is 5.07. The van der Waals surface area contributed by atoms with Crippen LogP contribution in [0, 0.1) is 0 Å². The van der Waals surface area contributed by atoms with Gasteiger partial charge < -0.3 is 4.74 Å². The molecular weight excluding hydrogens is 342 g/mol. The van der Waals surface area contributed by atoms with E-state index in [1.807, 2.05) is 36.4 Å². The maximum absolute atomic E-state index is 11.9. The number of aromatic nitrogens is 1. The van der Waals surface area contributed by atoms with Crippen LogP contribution >= 0.6 is 0 Å². The topological polar surface area (TPSA) is 72.8 Å². The maximum Gasteiger partial charge on any atom is 0.437 e. The van der Waals surface area contributed by atoms with Crippen molar-refractivity contribution in [1.29, 1.82) is 0 Å². The number of hydrogen-bond donors (Lipinski definition) is 1. The van der Waals surface area contributed by atoms with Gasteiger partial charge in [-0.15, -0.1) is 0 Å². The van der Waals surface area contributed by atoms with Gasteiger partial charge in [-0.2, -0.15) is 0 Å². The van der Waals surface area contributed by atoms with Crippen molar-refractivity contribution in [2.45, 2.75) is 6.92 Å². The summed E-state index contributed by atoms with van der Waals surface area (Å²) in [6.07, 6.45) is 2.85. The first-order chi connectivity index (χ1) is 13.2. The number of hydrogen-bond acceptors (Lipinski definition) is 5. The predicted molar refractivity (Wildman–Crippen MR) is 105 cm³/mol. The van der Waals surface area contributed by atoms with Gasteiger partial charge in [-0.3, -0.25) is 15.1 Å². The average molecular weight is 361 g/mol. The molecule has 3 aromatic rings. The fraction of sp³-hybridized carbons (Fsp3) is 0.0952. The molecule has 1 aromatic heterocycles. The Morgan fingerprint density at radius 1 is 0.926 bits per heavy atom. The van der Waals surface area contributed by atoms with E-state index in [4.69, 9.17) is 9.57 Å². The van der Waals surface area contributed by atoms with Crippen molar-refractivity contribution in [3.8, 4) is 16.9 Å². The normalized spacial score (nSPS) is 11.0. The zero-order valence-corrected chi connectivity index (χ0v) is 15.0. The fourth-order valence-corrected chi connectivity index (χ4v) is 2.43. The van der Waals surface area contributed by atoms with Gasteiger partial charge in [-0.05, 0) is 60.0 Å². The fourth-order valence-electron chi connectivity index (χ4n) is 2.43. The van der Waals surface area contributed by atoms with Crippen molar-refractivity contribution in [3.63, 3.8) is 0 Å². The van der Waals surface area contributed by atoms with Crippen LogP contribution in [0.1, 0.15) is 12.5 Å². The van der Waals surface area contributed by atoms with Crippen LogP contribution in [0.15, 0.2) is 78.2 Å². The van der Waals surface area contributed by atoms with Gasteiger partial charge in [0.15, 0.2) is 0 Å². The monoisotopic (exact) mass is 361 g/mol. The molecule has 0 aliphatic rings. The molecule has 0 aliphatic carbocycles. The molecule has 0 atom stereocenters. The number of carbonyl (C=O) groups is 1. The first-order valence-corrected chi connectivity index (χ1v) is 8.33. The van der Waals surface area contributed by atoms with Crippen LogP contribution < -0.4 is 10.1 Å². The smallest absolute Gasteiger partial charge is 0.437 e. The highest BCUT2D eigenvalue weighted by molar-refractivity contribution is 5.99. The van der Waals surface area contributed by atoms with Crippen molar-refractivity contribution in [2.75, 3.05) is 12.4 Å². The van der Waals surface area contributed by atoms with E-state index in [0.29, 0.717) is 17.1 Å². The summed E-state index contributed by atoms with van der Waals surface area (Å²) in [5, 5.41) is 6.50. The van der Waals surface area contributed by atoms with Gasteiger partial charge in [0.05, 0.1) is 12.8 Å². The van der Waals surface area contributed by atoms with E-state index in [2.05, 4.69) is 15.5 Å². The summed E-state index contributed by atoms with van der Waals surface area (Å²) in [4.78, 5) is 20.8. The molecule has 0 fully saturated rings. The molecule has 1 N–H and O–H groups in total. The van der Waals surface area contributed by atoms with Gasteiger partial charge >= 0.3 is 6.09 Å². The summed E-state index contributed by atoms with van der Waals surface area (Å²) >= 11 is 0. The van der Waals surface area contributed by atoms with Crippen LogP contribution in [-0.2, 0) is 4.84 Å². The molecule has 3 rings (SSSR count). The number of benzene rings is 2. The molecule has 0 radical (unpaired) electrons. The Hall–Kier alpha value is -3.67. The standard InChI is InChI=1S/C21H19N3O3/c1-15(16-3-5-17(6-4-16)18-11-13-22-14-12-18)24-27-21(25)23-19-7-9-20(26-2)10-8-19/h3-14H,1-2H3,(H,23,25)/b24-15-. The molecule has 0 bridgehead atoms. The van der Waals surface area contributed by atoms with Crippen LogP contribution in [0.4, 0.5) is 10.5 Å². The van der Waals surface area contributed by atoms with Crippen LogP contribution in [0.2, 0.25) is 0 Å². The quantitative estimate of drug-likeness (QED) is 0.405. The maximum atomic E-state index is 11.9. The Morgan fingerprint density at radius 3 is 2.19 bits per heavy atom. The van der Waals surface area contributed by atoms with E-state index in [9.17, 15) is 4.79 Å². The number of rotatable bonds is 5. The Labute approximate surface area is 157 Å². The van der Waals surface area contributed by atoms with Crippen LogP contribution in [0.25, 0.3) is 11.1 Å². The molecule has 1 amide bonds. The second kappa shape index (κ2) is 8.62. The molecular formula is C21H19N3O3. The molecule has 0 spiro atoms. The largest absolute Gasteiger partial charge is 0.497 e. The Kier molecular flexibility index (Phi) is 5.79. The number of oxime groups is 1. The third-order valence-electron chi connectivity index (χ3n) is 3.92. The molecule has 1 heterocycles. The van der Waals surface area contributed by atoms with Crippen molar-refractivity contribution in [1.82, 2.24) is 4.98 Å². The van der Waals surface area contributed by atoms with Crippen LogP contribution in [0.3, 0.4) is 0 Å². The lowest BCUT2D eigenvalue weighted by atomic mass is 10.0. The van der Waals surface area contributed by atoms with Crippen LogP contribution in [-0.4, -0.2) is 23.9 Å². The average Bonchev–Trinajstić information content (AvgIpc) is 2.73. The lowest BCUT2D eigenvalue weighted by molar-refractivity contribution is 0.166. The van der Waals surface area contributed by atoms with E-state index >= 15 is 0 Å². The summed E-state index contributed by atoms with van der Waals surface area (Å²) in [7, 11) is 1.58. The summed E-state index contributed by atoms with van der Waals surface area (Å²) in [6.45, 7) is 1.78.